The van der Waals surface area contributed by atoms with E-state index in [2.05, 4.69) is 0 Å². The highest BCUT2D eigenvalue weighted by molar-refractivity contribution is 5.95. The summed E-state index contributed by atoms with van der Waals surface area (Å²) < 4.78 is 5.09. The normalized spacial score (nSPS) is 11.1. The van der Waals surface area contributed by atoms with Crippen LogP contribution in [0.1, 0.15) is 72.1 Å². The minimum atomic E-state index is -0.532. The molecule has 0 unspecified atom stereocenters. The lowest BCUT2D eigenvalue weighted by molar-refractivity contribution is -0.156. The summed E-state index contributed by atoms with van der Waals surface area (Å²) in [6, 6.07) is 0. The molecule has 0 N–H and O–H groups in total. The van der Waals surface area contributed by atoms with E-state index < -0.39 is 11.6 Å². The Morgan fingerprint density at radius 2 is 1.58 bits per heavy atom. The molecule has 0 spiro atoms. The van der Waals surface area contributed by atoms with Gasteiger partial charge in [-0.2, -0.15) is 0 Å². The van der Waals surface area contributed by atoms with Gasteiger partial charge in [0.2, 0.25) is 0 Å². The number of ketones is 1. The highest BCUT2D eigenvalue weighted by atomic mass is 16.6. The van der Waals surface area contributed by atoms with Gasteiger partial charge >= 0.3 is 5.97 Å². The number of esters is 1. The zero-order valence-corrected chi connectivity index (χ0v) is 12.4. The maximum atomic E-state index is 11.5. The molecule has 0 aliphatic heterocycles. The molecule has 0 aromatic carbocycles. The summed E-state index contributed by atoms with van der Waals surface area (Å²) in [5.41, 5.74) is -0.532. The van der Waals surface area contributed by atoms with Crippen LogP contribution in [0.4, 0.5) is 0 Å². The van der Waals surface area contributed by atoms with Crippen LogP contribution in [-0.4, -0.2) is 23.6 Å². The maximum absolute atomic E-state index is 11.5. The molecule has 0 aromatic heterocycles. The van der Waals surface area contributed by atoms with Crippen molar-refractivity contribution in [3.8, 4) is 0 Å². The maximum Gasteiger partial charge on any atom is 0.313 e. The molecule has 0 saturated heterocycles. The van der Waals surface area contributed by atoms with Crippen molar-refractivity contribution in [2.24, 2.45) is 0 Å². The van der Waals surface area contributed by atoms with Gasteiger partial charge in [0, 0.05) is 12.8 Å². The van der Waals surface area contributed by atoms with Crippen LogP contribution in [0.3, 0.4) is 0 Å². The molecule has 0 aliphatic rings. The third-order valence-electron chi connectivity index (χ3n) is 2.54. The van der Waals surface area contributed by atoms with Crippen LogP contribution in [-0.2, 0) is 19.1 Å². The van der Waals surface area contributed by atoms with Gasteiger partial charge in [0.05, 0.1) is 0 Å². The third-order valence-corrected chi connectivity index (χ3v) is 2.54. The first-order valence-electron chi connectivity index (χ1n) is 7.02. The van der Waals surface area contributed by atoms with Crippen molar-refractivity contribution >= 4 is 18.0 Å². The molecule has 110 valence electrons. The number of Topliss-reactive ketones (excluding diaryl/α,β-unsaturated/α-hetero) is 1. The SMILES string of the molecule is CC(C)(C)OC(=O)CC(=O)CCCCCCCC=O. The van der Waals surface area contributed by atoms with Crippen LogP contribution in [0.5, 0.6) is 0 Å². The summed E-state index contributed by atoms with van der Waals surface area (Å²) in [5, 5.41) is 0. The van der Waals surface area contributed by atoms with Crippen molar-refractivity contribution in [2.75, 3.05) is 0 Å². The van der Waals surface area contributed by atoms with E-state index in [1.54, 1.807) is 20.8 Å². The van der Waals surface area contributed by atoms with E-state index in [0.29, 0.717) is 12.8 Å². The predicted molar refractivity (Wildman–Crippen MR) is 73.9 cm³/mol. The van der Waals surface area contributed by atoms with E-state index in [4.69, 9.17) is 4.74 Å². The highest BCUT2D eigenvalue weighted by Crippen LogP contribution is 2.11. The van der Waals surface area contributed by atoms with Gasteiger partial charge in [-0.05, 0) is 33.6 Å². The molecule has 0 radical (unpaired) electrons. The van der Waals surface area contributed by atoms with Crippen molar-refractivity contribution < 1.29 is 19.1 Å². The largest absolute Gasteiger partial charge is 0.460 e. The summed E-state index contributed by atoms with van der Waals surface area (Å²) in [4.78, 5) is 33.0. The second kappa shape index (κ2) is 9.70. The summed E-state index contributed by atoms with van der Waals surface area (Å²) >= 11 is 0. The van der Waals surface area contributed by atoms with Gasteiger partial charge in [-0.25, -0.2) is 0 Å². The smallest absolute Gasteiger partial charge is 0.313 e. The van der Waals surface area contributed by atoms with Crippen molar-refractivity contribution in [3.05, 3.63) is 0 Å². The van der Waals surface area contributed by atoms with E-state index >= 15 is 0 Å². The Balaban J connectivity index is 3.54. The minimum Gasteiger partial charge on any atom is -0.460 e. The molecule has 0 amide bonds. The molecule has 0 aliphatic carbocycles. The van der Waals surface area contributed by atoms with Crippen LogP contribution in [0.25, 0.3) is 0 Å². The van der Waals surface area contributed by atoms with E-state index in [9.17, 15) is 14.4 Å². The predicted octanol–water partition coefficient (Wildman–Crippen LogP) is 3.22. The summed E-state index contributed by atoms with van der Waals surface area (Å²) in [6.07, 6.45) is 6.64. The van der Waals surface area contributed by atoms with E-state index in [1.165, 1.54) is 0 Å². The molecule has 0 aromatic rings. The minimum absolute atomic E-state index is 0.0536. The molecule has 0 atom stereocenters. The van der Waals surface area contributed by atoms with Gasteiger partial charge in [-0.1, -0.05) is 19.3 Å². The fourth-order valence-corrected chi connectivity index (χ4v) is 1.71. The molecule has 0 fully saturated rings. The van der Waals surface area contributed by atoms with Crippen LogP contribution in [0.15, 0.2) is 0 Å². The summed E-state index contributed by atoms with van der Waals surface area (Å²) in [7, 11) is 0. The van der Waals surface area contributed by atoms with Crippen molar-refractivity contribution in [2.45, 2.75) is 77.7 Å². The van der Waals surface area contributed by atoms with Gasteiger partial charge in [-0.15, -0.1) is 0 Å². The Morgan fingerprint density at radius 3 is 2.16 bits per heavy atom. The van der Waals surface area contributed by atoms with Crippen LogP contribution in [0, 0.1) is 0 Å². The van der Waals surface area contributed by atoms with Crippen molar-refractivity contribution in [1.82, 2.24) is 0 Å². The second-order valence-electron chi connectivity index (χ2n) is 5.78. The molecule has 4 heteroatoms. The van der Waals surface area contributed by atoms with Crippen LogP contribution >= 0.6 is 0 Å². The Hall–Kier alpha value is -1.19. The first kappa shape index (κ1) is 17.8. The van der Waals surface area contributed by atoms with Crippen molar-refractivity contribution in [1.29, 1.82) is 0 Å². The van der Waals surface area contributed by atoms with Gasteiger partial charge in [-0.3, -0.25) is 9.59 Å². The highest BCUT2D eigenvalue weighted by Gasteiger charge is 2.18. The average Bonchev–Trinajstić information content (AvgIpc) is 2.25. The zero-order valence-electron chi connectivity index (χ0n) is 12.4. The fraction of sp³-hybridized carbons (Fsp3) is 0.800. The number of carbonyl (C=O) groups excluding carboxylic acids is 3. The summed E-state index contributed by atoms with van der Waals surface area (Å²) in [6.45, 7) is 5.36. The molecule has 0 rings (SSSR count). The number of aldehydes is 1. The van der Waals surface area contributed by atoms with Crippen LogP contribution in [0.2, 0.25) is 0 Å². The lowest BCUT2D eigenvalue weighted by atomic mass is 10.1. The summed E-state index contributed by atoms with van der Waals surface area (Å²) in [5.74, 6) is -0.495. The van der Waals surface area contributed by atoms with E-state index in [-0.39, 0.29) is 12.2 Å². The first-order chi connectivity index (χ1) is 8.85. The number of carbonyl (C=O) groups is 3. The molecular formula is C15H26O4. The van der Waals surface area contributed by atoms with E-state index in [0.717, 1.165) is 38.4 Å². The Bertz CT molecular complexity index is 289. The number of hydrogen-bond acceptors (Lipinski definition) is 4. The molecule has 0 bridgehead atoms. The molecule has 4 nitrogen and oxygen atoms in total. The van der Waals surface area contributed by atoms with Crippen LogP contribution < -0.4 is 0 Å². The molecule has 19 heavy (non-hydrogen) atoms. The molecular weight excluding hydrogens is 244 g/mol. The number of ether oxygens (including phenoxy) is 1. The molecule has 0 saturated carbocycles. The Kier molecular flexibility index (Phi) is 9.09. The van der Waals surface area contributed by atoms with Gasteiger partial charge in [0.1, 0.15) is 24.1 Å². The van der Waals surface area contributed by atoms with Gasteiger partial charge in [0.25, 0.3) is 0 Å². The number of hydrogen-bond donors (Lipinski definition) is 0. The zero-order chi connectivity index (χ0) is 14.7. The standard InChI is InChI=1S/C15H26O4/c1-15(2,3)19-14(18)12-13(17)10-8-6-4-5-7-9-11-16/h11H,4-10,12H2,1-3H3. The van der Waals surface area contributed by atoms with Crippen molar-refractivity contribution in [3.63, 3.8) is 0 Å². The van der Waals surface area contributed by atoms with Gasteiger partial charge in [0.15, 0.2) is 0 Å². The second-order valence-corrected chi connectivity index (χ2v) is 5.78. The quantitative estimate of drug-likeness (QED) is 0.265. The Labute approximate surface area is 115 Å². The monoisotopic (exact) mass is 270 g/mol. The van der Waals surface area contributed by atoms with E-state index in [1.807, 2.05) is 0 Å². The lowest BCUT2D eigenvalue weighted by Gasteiger charge is -2.19. The lowest BCUT2D eigenvalue weighted by Crippen LogP contribution is -2.25. The Morgan fingerprint density at radius 1 is 1.00 bits per heavy atom. The third kappa shape index (κ3) is 13.0. The molecule has 0 heterocycles. The van der Waals surface area contributed by atoms with Gasteiger partial charge < -0.3 is 9.53 Å². The average molecular weight is 270 g/mol. The fourth-order valence-electron chi connectivity index (χ4n) is 1.71. The first-order valence-corrected chi connectivity index (χ1v) is 7.02. The number of unbranched alkanes of at least 4 members (excludes halogenated alkanes) is 5. The topological polar surface area (TPSA) is 60.4 Å². The number of rotatable bonds is 10.